The second kappa shape index (κ2) is 20.7. The zero-order valence-electron chi connectivity index (χ0n) is 38.6. The first-order chi connectivity index (χ1) is 36.4. The molecule has 0 unspecified atom stereocenters. The van der Waals surface area contributed by atoms with E-state index >= 15 is 0 Å². The third-order valence-corrected chi connectivity index (χ3v) is 12.7. The van der Waals surface area contributed by atoms with Gasteiger partial charge in [0.2, 0.25) is 17.8 Å². The third kappa shape index (κ3) is 10.8. The van der Waals surface area contributed by atoms with Crippen LogP contribution in [0.25, 0.3) is 73.0 Å². The second-order valence-electron chi connectivity index (χ2n) is 16.2. The number of nitrogens with zero attached hydrogens (tertiary/aromatic N) is 14. The lowest BCUT2D eigenvalue weighted by Gasteiger charge is -2.15. The maximum absolute atomic E-state index is 13.5. The minimum atomic E-state index is -4.65. The Hall–Kier alpha value is -8.27. The average Bonchev–Trinajstić information content (AvgIpc) is 4.23. The van der Waals surface area contributed by atoms with Crippen molar-refractivity contribution < 1.29 is 39.5 Å². The predicted molar refractivity (Wildman–Crippen MR) is 270 cm³/mol. The number of halogens is 13. The van der Waals surface area contributed by atoms with E-state index < -0.39 is 41.2 Å². The SMILES string of the molecule is Cc1cc(-c2c(-c3ccc(F)cc3Cl)nc(N)n3cnnc23)cc(C(F)(F)F)n1.Cc1cc(-c2c(-c3ccc(F)cc3Cl)nc(N)n3cnnc23)cc(C(F)(F)F)n1.Nc1nc(-c2ccc(F)cc2Cl)c(Br)c2nncn12. The molecule has 0 atom stereocenters. The molecular weight excluding hydrogens is 1160 g/mol. The molecule has 0 saturated carbocycles. The van der Waals surface area contributed by atoms with Crippen LogP contribution in [0.4, 0.5) is 57.4 Å². The van der Waals surface area contributed by atoms with E-state index in [2.05, 4.69) is 71.4 Å². The fraction of sp³-hybridized carbons (Fsp3) is 0.0851. The van der Waals surface area contributed by atoms with Gasteiger partial charge in [0.25, 0.3) is 0 Å². The van der Waals surface area contributed by atoms with E-state index in [1.54, 1.807) is 0 Å². The van der Waals surface area contributed by atoms with E-state index in [0.29, 0.717) is 21.4 Å². The Balaban J connectivity index is 0.000000144. The van der Waals surface area contributed by atoms with Gasteiger partial charge in [-0.15, -0.1) is 30.6 Å². The van der Waals surface area contributed by atoms with Crippen LogP contribution in [0.2, 0.25) is 15.1 Å². The standard InChI is InChI=1S/2C18H11ClF4N6.C11H6BrClFN5/c2*1-8-4-9(5-13(26-8)18(21,22)23)14-15(11-3-2-10(20)6-12(11)19)27-17(24)29-7-25-28-16(14)29;12-8-9(6-2-1-5(14)3-7(6)13)17-11(15)19-4-16-18-10(8)19/h2*2-7H,1H3,(H2,24,27);1-4H,(H2,15,17). The molecule has 30 heteroatoms. The zero-order valence-corrected chi connectivity index (χ0v) is 42.5. The number of benzene rings is 3. The van der Waals surface area contributed by atoms with Gasteiger partial charge in [-0.1, -0.05) is 34.8 Å². The van der Waals surface area contributed by atoms with Crippen LogP contribution in [0, 0.1) is 31.3 Å². The van der Waals surface area contributed by atoms with E-state index in [9.17, 15) is 39.5 Å². The molecule has 392 valence electrons. The average molecular weight is 1190 g/mol. The van der Waals surface area contributed by atoms with E-state index in [0.717, 1.165) is 36.4 Å². The first-order valence-corrected chi connectivity index (χ1v) is 23.4. The number of alkyl halides is 6. The van der Waals surface area contributed by atoms with Gasteiger partial charge in [0.1, 0.15) is 47.8 Å². The highest BCUT2D eigenvalue weighted by Gasteiger charge is 2.35. The Morgan fingerprint density at radius 1 is 0.455 bits per heavy atom. The zero-order chi connectivity index (χ0) is 55.4. The highest BCUT2D eigenvalue weighted by atomic mass is 79.9. The highest BCUT2D eigenvalue weighted by molar-refractivity contribution is 9.10. The number of anilines is 3. The van der Waals surface area contributed by atoms with Gasteiger partial charge in [0, 0.05) is 28.1 Å². The van der Waals surface area contributed by atoms with Crippen LogP contribution in [0.5, 0.6) is 0 Å². The van der Waals surface area contributed by atoms with Gasteiger partial charge in [0.15, 0.2) is 16.9 Å². The van der Waals surface area contributed by atoms with Crippen LogP contribution in [0.15, 0.2) is 102 Å². The van der Waals surface area contributed by atoms with Crippen molar-refractivity contribution in [1.29, 1.82) is 0 Å². The highest BCUT2D eigenvalue weighted by Crippen LogP contribution is 2.42. The van der Waals surface area contributed by atoms with Crippen LogP contribution in [0.3, 0.4) is 0 Å². The van der Waals surface area contributed by atoms with Gasteiger partial charge in [-0.2, -0.15) is 26.3 Å². The molecule has 0 saturated heterocycles. The van der Waals surface area contributed by atoms with Crippen molar-refractivity contribution >= 4 is 85.5 Å². The van der Waals surface area contributed by atoms with Crippen molar-refractivity contribution in [2.45, 2.75) is 26.2 Å². The molecule has 0 bridgehead atoms. The first-order valence-electron chi connectivity index (χ1n) is 21.5. The number of nitrogen functional groups attached to an aromatic ring is 3. The summed E-state index contributed by atoms with van der Waals surface area (Å²) in [6.07, 6.45) is -5.27. The summed E-state index contributed by atoms with van der Waals surface area (Å²) in [5.41, 5.74) is 19.3. The topological polar surface area (TPSA) is 233 Å². The minimum Gasteiger partial charge on any atom is -0.369 e. The normalized spacial score (nSPS) is 11.7. The summed E-state index contributed by atoms with van der Waals surface area (Å²) >= 11 is 21.8. The maximum atomic E-state index is 13.5. The summed E-state index contributed by atoms with van der Waals surface area (Å²) in [6.45, 7) is 2.88. The van der Waals surface area contributed by atoms with Crippen molar-refractivity contribution in [2.75, 3.05) is 17.2 Å². The smallest absolute Gasteiger partial charge is 0.369 e. The lowest BCUT2D eigenvalue weighted by Crippen LogP contribution is -2.10. The van der Waals surface area contributed by atoms with Crippen LogP contribution < -0.4 is 17.2 Å². The molecule has 3 aromatic carbocycles. The molecule has 0 aliphatic carbocycles. The molecule has 11 rings (SSSR count). The Morgan fingerprint density at radius 3 is 1.13 bits per heavy atom. The van der Waals surface area contributed by atoms with Crippen LogP contribution >= 0.6 is 50.7 Å². The molecule has 6 N–H and O–H groups in total. The lowest BCUT2D eigenvalue weighted by atomic mass is 9.99. The fourth-order valence-electron chi connectivity index (χ4n) is 7.74. The molecule has 17 nitrogen and oxygen atoms in total. The summed E-state index contributed by atoms with van der Waals surface area (Å²) in [7, 11) is 0. The molecule has 0 aliphatic rings. The third-order valence-electron chi connectivity index (χ3n) is 11.0. The van der Waals surface area contributed by atoms with Crippen molar-refractivity contribution in [3.05, 3.63) is 158 Å². The van der Waals surface area contributed by atoms with Gasteiger partial charge >= 0.3 is 12.4 Å². The summed E-state index contributed by atoms with van der Waals surface area (Å²) in [5.74, 6) is -1.36. The molecule has 0 aliphatic heterocycles. The molecule has 0 amide bonds. The number of fused-ring (bicyclic) bond motifs is 3. The molecule has 0 fully saturated rings. The fourth-order valence-corrected chi connectivity index (χ4v) is 9.09. The van der Waals surface area contributed by atoms with E-state index in [4.69, 9.17) is 52.0 Å². The number of hydrogen-bond acceptors (Lipinski definition) is 14. The minimum absolute atomic E-state index is 0.00837. The van der Waals surface area contributed by atoms with Gasteiger partial charge in [0.05, 0.1) is 47.7 Å². The van der Waals surface area contributed by atoms with Gasteiger partial charge < -0.3 is 17.2 Å². The van der Waals surface area contributed by atoms with Crippen molar-refractivity contribution in [3.8, 4) is 56.0 Å². The Kier molecular flexibility index (Phi) is 14.4. The van der Waals surface area contributed by atoms with Crippen LogP contribution in [-0.4, -0.2) is 68.7 Å². The molecular formula is C47H28BrCl3F9N17. The number of aryl methyl sites for hydroxylation is 2. The van der Waals surface area contributed by atoms with E-state index in [-0.39, 0.29) is 100 Å². The van der Waals surface area contributed by atoms with Crippen LogP contribution in [-0.2, 0) is 12.4 Å². The summed E-state index contributed by atoms with van der Waals surface area (Å²) in [4.78, 5) is 19.9. The van der Waals surface area contributed by atoms with E-state index in [1.165, 1.54) is 88.5 Å². The predicted octanol–water partition coefficient (Wildman–Crippen LogP) is 12.0. The Labute approximate surface area is 448 Å². The Bertz CT molecular complexity index is 3920. The molecule has 8 aromatic heterocycles. The first kappa shape index (κ1) is 53.6. The Morgan fingerprint density at radius 2 is 0.779 bits per heavy atom. The lowest BCUT2D eigenvalue weighted by molar-refractivity contribution is -0.142. The van der Waals surface area contributed by atoms with Crippen LogP contribution in [0.1, 0.15) is 22.8 Å². The van der Waals surface area contributed by atoms with Crippen molar-refractivity contribution in [1.82, 2.24) is 68.7 Å². The van der Waals surface area contributed by atoms with Gasteiger partial charge in [-0.25, -0.2) is 38.1 Å². The number of rotatable bonds is 5. The summed E-state index contributed by atoms with van der Waals surface area (Å²) in [6, 6.07) is 16.0. The quantitative estimate of drug-likeness (QED) is 0.136. The van der Waals surface area contributed by atoms with Crippen molar-refractivity contribution in [2.24, 2.45) is 0 Å². The number of pyridine rings is 2. The second-order valence-corrected chi connectivity index (χ2v) is 18.2. The number of nitrogens with two attached hydrogens (primary N) is 3. The molecule has 77 heavy (non-hydrogen) atoms. The number of aromatic nitrogens is 14. The molecule has 8 heterocycles. The van der Waals surface area contributed by atoms with Gasteiger partial charge in [-0.3, -0.25) is 13.2 Å². The summed E-state index contributed by atoms with van der Waals surface area (Å²) in [5, 5.41) is 23.5. The van der Waals surface area contributed by atoms with E-state index in [1.807, 2.05) is 0 Å². The molecule has 0 spiro atoms. The maximum Gasteiger partial charge on any atom is 0.433 e. The molecule has 11 aromatic rings. The largest absolute Gasteiger partial charge is 0.433 e. The van der Waals surface area contributed by atoms with Gasteiger partial charge in [-0.05, 0) is 120 Å². The monoisotopic (exact) mass is 1190 g/mol. The molecule has 0 radical (unpaired) electrons. The summed E-state index contributed by atoms with van der Waals surface area (Å²) < 4.78 is 125. The number of hydrogen-bond donors (Lipinski definition) is 3. The van der Waals surface area contributed by atoms with Crippen molar-refractivity contribution in [3.63, 3.8) is 0 Å².